The van der Waals surface area contributed by atoms with Crippen LogP contribution in [0.15, 0.2) is 42.9 Å². The summed E-state index contributed by atoms with van der Waals surface area (Å²) in [5.41, 5.74) is 5.13. The second-order valence-corrected chi connectivity index (χ2v) is 8.03. The van der Waals surface area contributed by atoms with E-state index in [0.717, 1.165) is 37.1 Å². The molecule has 158 valence electrons. The molecule has 1 unspecified atom stereocenters. The van der Waals surface area contributed by atoms with Gasteiger partial charge in [0.2, 0.25) is 0 Å². The van der Waals surface area contributed by atoms with Crippen LogP contribution in [-0.2, 0) is 4.84 Å². The molecule has 3 aromatic rings. The smallest absolute Gasteiger partial charge is 0.149 e. The molecule has 1 saturated heterocycles. The topological polar surface area (TPSA) is 64.0 Å². The second kappa shape index (κ2) is 9.31. The molecule has 4 rings (SSSR count). The van der Waals surface area contributed by atoms with Crippen molar-refractivity contribution in [3.63, 3.8) is 0 Å². The van der Waals surface area contributed by atoms with Crippen LogP contribution in [0, 0.1) is 5.82 Å². The van der Waals surface area contributed by atoms with Crippen LogP contribution in [0.2, 0.25) is 10.0 Å². The fraction of sp³-hybridized carbons (Fsp3) is 0.333. The van der Waals surface area contributed by atoms with Crippen molar-refractivity contribution in [2.24, 2.45) is 0 Å². The Morgan fingerprint density at radius 1 is 1.17 bits per heavy atom. The zero-order valence-corrected chi connectivity index (χ0v) is 17.9. The van der Waals surface area contributed by atoms with Crippen molar-refractivity contribution in [3.05, 3.63) is 64.3 Å². The molecule has 2 N–H and O–H groups in total. The zero-order valence-electron chi connectivity index (χ0n) is 16.4. The first-order chi connectivity index (χ1) is 14.5. The summed E-state index contributed by atoms with van der Waals surface area (Å²) in [5, 5.41) is 8.17. The lowest BCUT2D eigenvalue weighted by Crippen LogP contribution is -2.29. The number of hydrogen-bond acceptors (Lipinski definition) is 5. The Hall–Kier alpha value is -2.19. The van der Waals surface area contributed by atoms with Crippen molar-refractivity contribution in [2.75, 3.05) is 18.6 Å². The number of anilines is 1. The van der Waals surface area contributed by atoms with Gasteiger partial charge < -0.3 is 5.32 Å². The van der Waals surface area contributed by atoms with Crippen molar-refractivity contribution >= 4 is 29.0 Å². The predicted molar refractivity (Wildman–Crippen MR) is 116 cm³/mol. The molecule has 6 nitrogen and oxygen atoms in total. The molecule has 9 heteroatoms. The first-order valence-corrected chi connectivity index (χ1v) is 10.5. The van der Waals surface area contributed by atoms with Crippen LogP contribution in [-0.4, -0.2) is 27.9 Å². The standard InChI is InChI=1S/C21H22Cl2FN5O/c1-13(20-17(22)3-4-18(24)21(20)23)30-28-19-5-2-14(10-26-19)15-11-27-29(12-15)16-6-8-25-9-7-16/h2-5,10-13,16,25H,6-9H2,1H3,(H,26,28). The van der Waals surface area contributed by atoms with Gasteiger partial charge in [0.25, 0.3) is 0 Å². The first-order valence-electron chi connectivity index (χ1n) is 9.79. The average molecular weight is 450 g/mol. The van der Waals surface area contributed by atoms with Crippen molar-refractivity contribution < 1.29 is 9.23 Å². The van der Waals surface area contributed by atoms with Crippen LogP contribution < -0.4 is 10.8 Å². The summed E-state index contributed by atoms with van der Waals surface area (Å²) in [6.45, 7) is 3.77. The highest BCUT2D eigenvalue weighted by Crippen LogP contribution is 2.34. The van der Waals surface area contributed by atoms with Gasteiger partial charge in [-0.3, -0.25) is 9.52 Å². The van der Waals surface area contributed by atoms with E-state index in [1.807, 2.05) is 16.9 Å². The fourth-order valence-electron chi connectivity index (χ4n) is 3.51. The van der Waals surface area contributed by atoms with Gasteiger partial charge in [-0.05, 0) is 57.1 Å². The van der Waals surface area contributed by atoms with E-state index >= 15 is 0 Å². The van der Waals surface area contributed by atoms with Crippen molar-refractivity contribution in [1.82, 2.24) is 20.1 Å². The Bertz CT molecular complexity index is 1010. The largest absolute Gasteiger partial charge is 0.317 e. The average Bonchev–Trinajstić information content (AvgIpc) is 3.26. The molecular formula is C21H22Cl2FN5O. The number of nitrogens with one attached hydrogen (secondary N) is 2. The van der Waals surface area contributed by atoms with Crippen LogP contribution in [0.3, 0.4) is 0 Å². The second-order valence-electron chi connectivity index (χ2n) is 7.24. The lowest BCUT2D eigenvalue weighted by molar-refractivity contribution is 0.115. The third-order valence-electron chi connectivity index (χ3n) is 5.21. The molecule has 2 aromatic heterocycles. The molecule has 1 atom stereocenters. The van der Waals surface area contributed by atoms with Crippen LogP contribution >= 0.6 is 23.2 Å². The number of rotatable bonds is 6. The minimum absolute atomic E-state index is 0.0501. The van der Waals surface area contributed by atoms with Crippen LogP contribution in [0.5, 0.6) is 0 Å². The summed E-state index contributed by atoms with van der Waals surface area (Å²) in [5.74, 6) is -0.0287. The van der Waals surface area contributed by atoms with E-state index in [0.29, 0.717) is 22.4 Å². The highest BCUT2D eigenvalue weighted by atomic mass is 35.5. The third kappa shape index (κ3) is 4.59. The minimum Gasteiger partial charge on any atom is -0.317 e. The number of benzene rings is 1. The number of piperidine rings is 1. The molecule has 0 saturated carbocycles. The van der Waals surface area contributed by atoms with E-state index in [2.05, 4.69) is 27.1 Å². The molecule has 1 fully saturated rings. The highest BCUT2D eigenvalue weighted by Gasteiger charge is 2.19. The monoisotopic (exact) mass is 449 g/mol. The van der Waals surface area contributed by atoms with Crippen LogP contribution in [0.25, 0.3) is 11.1 Å². The summed E-state index contributed by atoms with van der Waals surface area (Å²) in [6, 6.07) is 6.86. The lowest BCUT2D eigenvalue weighted by Gasteiger charge is -2.22. The number of halogens is 3. The molecule has 0 aliphatic carbocycles. The van der Waals surface area contributed by atoms with Gasteiger partial charge >= 0.3 is 0 Å². The molecule has 0 bridgehead atoms. The van der Waals surface area contributed by atoms with E-state index in [9.17, 15) is 4.39 Å². The summed E-state index contributed by atoms with van der Waals surface area (Å²) in [4.78, 5) is 9.97. The van der Waals surface area contributed by atoms with E-state index in [4.69, 9.17) is 28.0 Å². The Balaban J connectivity index is 1.40. The van der Waals surface area contributed by atoms with Gasteiger partial charge in [0.1, 0.15) is 17.7 Å². The molecule has 1 aromatic carbocycles. The highest BCUT2D eigenvalue weighted by molar-refractivity contribution is 6.36. The van der Waals surface area contributed by atoms with Crippen molar-refractivity contribution in [2.45, 2.75) is 31.9 Å². The van der Waals surface area contributed by atoms with E-state index < -0.39 is 11.9 Å². The van der Waals surface area contributed by atoms with E-state index in [1.165, 1.54) is 12.1 Å². The fourth-order valence-corrected chi connectivity index (χ4v) is 4.18. The van der Waals surface area contributed by atoms with E-state index in [-0.39, 0.29) is 5.02 Å². The molecule has 0 radical (unpaired) electrons. The van der Waals surface area contributed by atoms with Crippen molar-refractivity contribution in [3.8, 4) is 11.1 Å². The molecule has 3 heterocycles. The lowest BCUT2D eigenvalue weighted by atomic mass is 10.1. The third-order valence-corrected chi connectivity index (χ3v) is 5.92. The summed E-state index contributed by atoms with van der Waals surface area (Å²) >= 11 is 12.2. The van der Waals surface area contributed by atoms with Gasteiger partial charge in [-0.1, -0.05) is 23.2 Å². The maximum absolute atomic E-state index is 13.7. The number of hydrogen-bond donors (Lipinski definition) is 2. The Kier molecular flexibility index (Phi) is 6.53. The summed E-state index contributed by atoms with van der Waals surface area (Å²) < 4.78 is 15.8. The van der Waals surface area contributed by atoms with Gasteiger partial charge in [0, 0.05) is 34.1 Å². The maximum Gasteiger partial charge on any atom is 0.149 e. The number of pyridine rings is 1. The Morgan fingerprint density at radius 3 is 2.70 bits per heavy atom. The molecule has 30 heavy (non-hydrogen) atoms. The SMILES string of the molecule is CC(ONc1ccc(-c2cnn(C3CCNCC3)c2)cn1)c1c(Cl)ccc(F)c1Cl. The van der Waals surface area contributed by atoms with Gasteiger partial charge in [-0.15, -0.1) is 0 Å². The molecule has 0 amide bonds. The number of aromatic nitrogens is 3. The Morgan fingerprint density at radius 2 is 1.97 bits per heavy atom. The first kappa shape index (κ1) is 21.1. The number of nitrogens with zero attached hydrogens (tertiary/aromatic N) is 3. The predicted octanol–water partition coefficient (Wildman–Crippen LogP) is 5.42. The van der Waals surface area contributed by atoms with Gasteiger partial charge in [-0.25, -0.2) is 14.9 Å². The van der Waals surface area contributed by atoms with Gasteiger partial charge in [0.05, 0.1) is 17.3 Å². The van der Waals surface area contributed by atoms with E-state index in [1.54, 1.807) is 19.2 Å². The molecule has 1 aliphatic rings. The maximum atomic E-state index is 13.7. The zero-order chi connectivity index (χ0) is 21.1. The van der Waals surface area contributed by atoms with Gasteiger partial charge in [-0.2, -0.15) is 5.10 Å². The minimum atomic E-state index is -0.578. The van der Waals surface area contributed by atoms with Crippen molar-refractivity contribution in [1.29, 1.82) is 0 Å². The summed E-state index contributed by atoms with van der Waals surface area (Å²) in [6.07, 6.45) is 7.26. The van der Waals surface area contributed by atoms with Gasteiger partial charge in [0.15, 0.2) is 0 Å². The quantitative estimate of drug-likeness (QED) is 0.388. The molecule has 0 spiro atoms. The summed E-state index contributed by atoms with van der Waals surface area (Å²) in [7, 11) is 0. The van der Waals surface area contributed by atoms with Crippen LogP contribution in [0.1, 0.15) is 37.5 Å². The Labute approximate surface area is 184 Å². The molecule has 1 aliphatic heterocycles. The van der Waals surface area contributed by atoms with Crippen LogP contribution in [0.4, 0.5) is 10.2 Å². The normalized spacial score (nSPS) is 15.9. The molecular weight excluding hydrogens is 428 g/mol.